The summed E-state index contributed by atoms with van der Waals surface area (Å²) in [5, 5.41) is 13.2. The standard InChI is InChI=1S/C8H15NO2/c1-8(10)2-6-4-11-5-7(3-8)9-6/h6-7,9-10H,2-5H2,1H3. The van der Waals surface area contributed by atoms with E-state index in [4.69, 9.17) is 4.74 Å². The van der Waals surface area contributed by atoms with Gasteiger partial charge >= 0.3 is 0 Å². The van der Waals surface area contributed by atoms with Gasteiger partial charge in [-0.25, -0.2) is 0 Å². The van der Waals surface area contributed by atoms with E-state index in [0.717, 1.165) is 26.1 Å². The summed E-state index contributed by atoms with van der Waals surface area (Å²) in [6, 6.07) is 0.745. The molecule has 2 unspecified atom stereocenters. The molecular formula is C8H15NO2. The van der Waals surface area contributed by atoms with Gasteiger partial charge in [0.15, 0.2) is 0 Å². The van der Waals surface area contributed by atoms with Crippen LogP contribution in [0.25, 0.3) is 0 Å². The number of fused-ring (bicyclic) bond motifs is 2. The zero-order valence-electron chi connectivity index (χ0n) is 6.84. The van der Waals surface area contributed by atoms with Crippen LogP contribution in [0, 0.1) is 0 Å². The summed E-state index contributed by atoms with van der Waals surface area (Å²) in [4.78, 5) is 0. The van der Waals surface area contributed by atoms with E-state index in [0.29, 0.717) is 12.1 Å². The third kappa shape index (κ3) is 1.55. The molecule has 0 saturated carbocycles. The largest absolute Gasteiger partial charge is 0.390 e. The Bertz CT molecular complexity index is 144. The second kappa shape index (κ2) is 2.44. The monoisotopic (exact) mass is 157 g/mol. The third-order valence-electron chi connectivity index (χ3n) is 2.48. The fourth-order valence-electron chi connectivity index (χ4n) is 2.16. The number of rotatable bonds is 0. The number of aliphatic hydroxyl groups is 1. The molecule has 3 heteroatoms. The highest BCUT2D eigenvalue weighted by Crippen LogP contribution is 2.26. The lowest BCUT2D eigenvalue weighted by molar-refractivity contribution is -0.0660. The van der Waals surface area contributed by atoms with Crippen molar-refractivity contribution in [3.8, 4) is 0 Å². The van der Waals surface area contributed by atoms with Crippen molar-refractivity contribution in [2.45, 2.75) is 37.5 Å². The van der Waals surface area contributed by atoms with Crippen LogP contribution in [0.2, 0.25) is 0 Å². The first-order valence-corrected chi connectivity index (χ1v) is 4.22. The Balaban J connectivity index is 2.05. The molecule has 2 fully saturated rings. The SMILES string of the molecule is CC1(O)CC2COCC(C1)N2. The zero-order valence-corrected chi connectivity index (χ0v) is 6.84. The minimum absolute atomic E-state index is 0.373. The Morgan fingerprint density at radius 2 is 1.91 bits per heavy atom. The summed E-state index contributed by atoms with van der Waals surface area (Å²) >= 11 is 0. The van der Waals surface area contributed by atoms with Crippen LogP contribution >= 0.6 is 0 Å². The van der Waals surface area contributed by atoms with Crippen LogP contribution in [0.4, 0.5) is 0 Å². The molecule has 2 heterocycles. The van der Waals surface area contributed by atoms with Crippen LogP contribution in [-0.2, 0) is 4.74 Å². The second-order valence-electron chi connectivity index (χ2n) is 4.00. The number of ether oxygens (including phenoxy) is 1. The predicted octanol–water partition coefficient (Wildman–Crippen LogP) is -0.112. The van der Waals surface area contributed by atoms with Crippen molar-refractivity contribution in [2.75, 3.05) is 13.2 Å². The highest BCUT2D eigenvalue weighted by molar-refractivity contribution is 4.94. The van der Waals surface area contributed by atoms with Crippen molar-refractivity contribution in [1.29, 1.82) is 0 Å². The van der Waals surface area contributed by atoms with Crippen molar-refractivity contribution >= 4 is 0 Å². The molecule has 0 aromatic carbocycles. The topological polar surface area (TPSA) is 41.5 Å². The first kappa shape index (κ1) is 7.53. The molecule has 11 heavy (non-hydrogen) atoms. The van der Waals surface area contributed by atoms with Crippen molar-refractivity contribution in [1.82, 2.24) is 5.32 Å². The van der Waals surface area contributed by atoms with E-state index in [1.165, 1.54) is 0 Å². The number of nitrogens with one attached hydrogen (secondary N) is 1. The third-order valence-corrected chi connectivity index (χ3v) is 2.48. The van der Waals surface area contributed by atoms with Crippen LogP contribution in [0.15, 0.2) is 0 Å². The van der Waals surface area contributed by atoms with Crippen LogP contribution < -0.4 is 5.32 Å². The smallest absolute Gasteiger partial charge is 0.0651 e. The van der Waals surface area contributed by atoms with Gasteiger partial charge in [0, 0.05) is 12.1 Å². The van der Waals surface area contributed by atoms with Crippen molar-refractivity contribution in [3.05, 3.63) is 0 Å². The first-order chi connectivity index (χ1) is 5.16. The molecule has 2 bridgehead atoms. The van der Waals surface area contributed by atoms with Crippen LogP contribution in [0.1, 0.15) is 19.8 Å². The van der Waals surface area contributed by atoms with Crippen LogP contribution in [-0.4, -0.2) is 36.0 Å². The Hall–Kier alpha value is -0.120. The Labute approximate surface area is 66.7 Å². The highest BCUT2D eigenvalue weighted by atomic mass is 16.5. The molecule has 2 atom stereocenters. The van der Waals surface area contributed by atoms with Gasteiger partial charge in [-0.3, -0.25) is 0 Å². The minimum Gasteiger partial charge on any atom is -0.390 e. The van der Waals surface area contributed by atoms with E-state index >= 15 is 0 Å². The zero-order chi connectivity index (χ0) is 7.90. The van der Waals surface area contributed by atoms with Gasteiger partial charge in [0.05, 0.1) is 18.8 Å². The van der Waals surface area contributed by atoms with E-state index in [-0.39, 0.29) is 0 Å². The summed E-state index contributed by atoms with van der Waals surface area (Å²) in [5.74, 6) is 0. The number of piperidine rings is 1. The second-order valence-corrected chi connectivity index (χ2v) is 4.00. The minimum atomic E-state index is -0.468. The molecule has 0 aliphatic carbocycles. The quantitative estimate of drug-likeness (QED) is 0.515. The fraction of sp³-hybridized carbons (Fsp3) is 1.00. The van der Waals surface area contributed by atoms with E-state index in [2.05, 4.69) is 5.32 Å². The summed E-state index contributed by atoms with van der Waals surface area (Å²) < 4.78 is 5.36. The molecule has 2 aliphatic heterocycles. The molecule has 2 rings (SSSR count). The highest BCUT2D eigenvalue weighted by Gasteiger charge is 2.37. The number of hydrogen-bond donors (Lipinski definition) is 2. The number of hydrogen-bond acceptors (Lipinski definition) is 3. The van der Waals surface area contributed by atoms with E-state index in [9.17, 15) is 5.11 Å². The van der Waals surface area contributed by atoms with E-state index in [1.807, 2.05) is 6.92 Å². The van der Waals surface area contributed by atoms with Gasteiger partial charge in [-0.05, 0) is 19.8 Å². The first-order valence-electron chi connectivity index (χ1n) is 4.22. The maximum atomic E-state index is 9.78. The van der Waals surface area contributed by atoms with Gasteiger partial charge in [0.25, 0.3) is 0 Å². The summed E-state index contributed by atoms with van der Waals surface area (Å²) in [6.45, 7) is 3.43. The summed E-state index contributed by atoms with van der Waals surface area (Å²) in [7, 11) is 0. The molecular weight excluding hydrogens is 142 g/mol. The van der Waals surface area contributed by atoms with Gasteiger partial charge < -0.3 is 15.2 Å². The molecule has 0 aromatic rings. The molecule has 0 radical (unpaired) electrons. The molecule has 0 amide bonds. The van der Waals surface area contributed by atoms with Crippen LogP contribution in [0.5, 0.6) is 0 Å². The maximum Gasteiger partial charge on any atom is 0.0651 e. The predicted molar refractivity (Wildman–Crippen MR) is 41.4 cm³/mol. The average molecular weight is 157 g/mol. The lowest BCUT2D eigenvalue weighted by Crippen LogP contribution is -2.58. The normalized spacial score (nSPS) is 50.7. The molecule has 3 nitrogen and oxygen atoms in total. The van der Waals surface area contributed by atoms with Gasteiger partial charge in [-0.1, -0.05) is 0 Å². The Kier molecular flexibility index (Phi) is 1.67. The van der Waals surface area contributed by atoms with E-state index < -0.39 is 5.60 Å². The van der Waals surface area contributed by atoms with Gasteiger partial charge in [0.1, 0.15) is 0 Å². The molecule has 2 saturated heterocycles. The van der Waals surface area contributed by atoms with E-state index in [1.54, 1.807) is 0 Å². The Morgan fingerprint density at radius 1 is 1.36 bits per heavy atom. The van der Waals surface area contributed by atoms with Gasteiger partial charge in [-0.2, -0.15) is 0 Å². The Morgan fingerprint density at radius 3 is 2.45 bits per heavy atom. The molecule has 0 aromatic heterocycles. The summed E-state index contributed by atoms with van der Waals surface area (Å²) in [6.07, 6.45) is 1.65. The van der Waals surface area contributed by atoms with Crippen molar-refractivity contribution < 1.29 is 9.84 Å². The van der Waals surface area contributed by atoms with Crippen molar-refractivity contribution in [3.63, 3.8) is 0 Å². The fourth-order valence-corrected chi connectivity index (χ4v) is 2.16. The lowest BCUT2D eigenvalue weighted by atomic mass is 9.84. The molecule has 0 spiro atoms. The maximum absolute atomic E-state index is 9.78. The molecule has 2 N–H and O–H groups in total. The lowest BCUT2D eigenvalue weighted by Gasteiger charge is -2.43. The van der Waals surface area contributed by atoms with Gasteiger partial charge in [0.2, 0.25) is 0 Å². The molecule has 64 valence electrons. The average Bonchev–Trinajstić information content (AvgIpc) is 1.82. The summed E-state index contributed by atoms with van der Waals surface area (Å²) in [5.41, 5.74) is -0.468. The van der Waals surface area contributed by atoms with Crippen LogP contribution in [0.3, 0.4) is 0 Å². The van der Waals surface area contributed by atoms with Gasteiger partial charge in [-0.15, -0.1) is 0 Å². The molecule has 2 aliphatic rings. The van der Waals surface area contributed by atoms with Crippen molar-refractivity contribution in [2.24, 2.45) is 0 Å². The number of morpholine rings is 1.